The molecule has 1 amide bonds. The van der Waals surface area contributed by atoms with E-state index < -0.39 is 28.5 Å². The molecule has 2 aromatic rings. The van der Waals surface area contributed by atoms with Gasteiger partial charge in [-0.15, -0.1) is 0 Å². The summed E-state index contributed by atoms with van der Waals surface area (Å²) in [7, 11) is 1.46. The molecule has 29 heavy (non-hydrogen) atoms. The second-order valence-electron chi connectivity index (χ2n) is 6.36. The third kappa shape index (κ3) is 4.32. The summed E-state index contributed by atoms with van der Waals surface area (Å²) in [6.07, 6.45) is -1.36. The van der Waals surface area contributed by atoms with Crippen LogP contribution in [0, 0.1) is 11.6 Å². The highest BCUT2D eigenvalue weighted by molar-refractivity contribution is 8.15. The lowest BCUT2D eigenvalue weighted by molar-refractivity contribution is -0.146. The van der Waals surface area contributed by atoms with Gasteiger partial charge in [-0.2, -0.15) is 5.10 Å². The monoisotopic (exact) mass is 422 g/mol. The third-order valence-electron chi connectivity index (χ3n) is 4.25. The van der Waals surface area contributed by atoms with E-state index in [9.17, 15) is 18.7 Å². The number of thioether (sulfide) groups is 1. The molecule has 1 aliphatic heterocycles. The average Bonchev–Trinajstić information content (AvgIpc) is 3.10. The van der Waals surface area contributed by atoms with Gasteiger partial charge in [0.1, 0.15) is 29.6 Å². The van der Waals surface area contributed by atoms with Crippen LogP contribution >= 0.6 is 11.8 Å². The Bertz CT molecular complexity index is 911. The van der Waals surface area contributed by atoms with Crippen molar-refractivity contribution in [1.82, 2.24) is 5.01 Å². The molecule has 3 rings (SSSR count). The van der Waals surface area contributed by atoms with Crippen molar-refractivity contribution in [1.29, 1.82) is 0 Å². The van der Waals surface area contributed by atoms with E-state index in [2.05, 4.69) is 5.10 Å². The van der Waals surface area contributed by atoms with Crippen molar-refractivity contribution in [2.45, 2.75) is 17.9 Å². The molecule has 0 spiro atoms. The Labute approximate surface area is 171 Å². The van der Waals surface area contributed by atoms with Crippen LogP contribution in [0.2, 0.25) is 0 Å². The van der Waals surface area contributed by atoms with Gasteiger partial charge in [-0.3, -0.25) is 4.79 Å². The van der Waals surface area contributed by atoms with Gasteiger partial charge < -0.3 is 14.6 Å². The molecule has 0 unspecified atom stereocenters. The number of rotatable bonds is 7. The number of methoxy groups -OCH3 is 1. The van der Waals surface area contributed by atoms with Crippen LogP contribution in [0.5, 0.6) is 0 Å². The van der Waals surface area contributed by atoms with Crippen molar-refractivity contribution >= 4 is 22.7 Å². The number of halogens is 2. The number of amides is 1. The van der Waals surface area contributed by atoms with Gasteiger partial charge in [0.15, 0.2) is 4.87 Å². The fraction of sp³-hybridized carbons (Fsp3) is 0.300. The summed E-state index contributed by atoms with van der Waals surface area (Å²) in [5, 5.41) is 15.4. The summed E-state index contributed by atoms with van der Waals surface area (Å²) in [6.45, 7) is 1.21. The Balaban J connectivity index is 2.12. The molecule has 0 saturated heterocycles. The highest BCUT2D eigenvalue weighted by atomic mass is 32.2. The highest BCUT2D eigenvalue weighted by Crippen LogP contribution is 2.48. The minimum absolute atomic E-state index is 0.0461. The molecular formula is C20H20F2N2O4S. The second-order valence-corrected chi connectivity index (χ2v) is 7.63. The van der Waals surface area contributed by atoms with E-state index in [1.54, 1.807) is 24.3 Å². The molecule has 2 aromatic carbocycles. The molecular weight excluding hydrogens is 402 g/mol. The second kappa shape index (κ2) is 9.00. The maximum Gasteiger partial charge on any atom is 0.272 e. The first-order chi connectivity index (χ1) is 13.9. The first-order valence-electron chi connectivity index (χ1n) is 8.76. The number of nitrogens with zero attached hydrogens (tertiary/aromatic N) is 2. The number of aliphatic hydroxyl groups excluding tert-OH is 1. The van der Waals surface area contributed by atoms with E-state index in [1.807, 2.05) is 6.07 Å². The third-order valence-corrected chi connectivity index (χ3v) is 5.61. The zero-order valence-electron chi connectivity index (χ0n) is 15.8. The van der Waals surface area contributed by atoms with Crippen LogP contribution in [0.3, 0.4) is 0 Å². The lowest BCUT2D eigenvalue weighted by Crippen LogP contribution is -2.48. The van der Waals surface area contributed by atoms with Gasteiger partial charge in [-0.25, -0.2) is 13.8 Å². The zero-order valence-corrected chi connectivity index (χ0v) is 16.7. The van der Waals surface area contributed by atoms with Gasteiger partial charge in [-0.05, 0) is 30.7 Å². The molecule has 0 radical (unpaired) electrons. The standard InChI is InChI=1S/C20H20F2N2O4S/c1-13(25)19(26)24-20(11-28-12-27-2,14-6-4-3-5-7-14)29-18(23-24)16-10-15(21)8-9-17(16)22/h3-10,13,25H,11-12H2,1-2H3/t13-,20-/m0/s1. The molecule has 1 aliphatic rings. The number of carbonyl (C=O) groups is 1. The maximum atomic E-state index is 14.4. The number of carbonyl (C=O) groups excluding carboxylic acids is 1. The Morgan fingerprint density at radius 1 is 1.28 bits per heavy atom. The Morgan fingerprint density at radius 3 is 2.66 bits per heavy atom. The summed E-state index contributed by atoms with van der Waals surface area (Å²) >= 11 is 1.05. The van der Waals surface area contributed by atoms with Crippen molar-refractivity contribution < 1.29 is 28.2 Å². The van der Waals surface area contributed by atoms with E-state index in [-0.39, 0.29) is 24.0 Å². The molecule has 0 fully saturated rings. The van der Waals surface area contributed by atoms with E-state index in [0.717, 1.165) is 35.0 Å². The van der Waals surface area contributed by atoms with Crippen LogP contribution < -0.4 is 0 Å². The van der Waals surface area contributed by atoms with Gasteiger partial charge in [0, 0.05) is 12.7 Å². The quantitative estimate of drug-likeness (QED) is 0.549. The molecule has 9 heteroatoms. The SMILES string of the molecule is COCOC[C@@]1(c2ccccc2)SC(c2cc(F)ccc2F)=NN1C(=O)[C@H](C)O. The maximum absolute atomic E-state index is 14.4. The van der Waals surface area contributed by atoms with Crippen LogP contribution in [0.4, 0.5) is 8.78 Å². The van der Waals surface area contributed by atoms with Crippen molar-refractivity contribution in [2.24, 2.45) is 5.10 Å². The smallest absolute Gasteiger partial charge is 0.272 e. The fourth-order valence-corrected chi connectivity index (χ4v) is 4.21. The van der Waals surface area contributed by atoms with E-state index in [1.165, 1.54) is 14.0 Å². The average molecular weight is 422 g/mol. The summed E-state index contributed by atoms with van der Waals surface area (Å²) in [5.41, 5.74) is 0.564. The topological polar surface area (TPSA) is 71.4 Å². The summed E-state index contributed by atoms with van der Waals surface area (Å²) in [4.78, 5) is 11.6. The van der Waals surface area contributed by atoms with Gasteiger partial charge in [0.2, 0.25) is 0 Å². The summed E-state index contributed by atoms with van der Waals surface area (Å²) < 4.78 is 38.7. The molecule has 0 bridgehead atoms. The van der Waals surface area contributed by atoms with Crippen molar-refractivity contribution in [3.05, 3.63) is 71.3 Å². The van der Waals surface area contributed by atoms with Gasteiger partial charge in [-0.1, -0.05) is 42.1 Å². The van der Waals surface area contributed by atoms with Gasteiger partial charge in [0.05, 0.1) is 6.61 Å². The van der Waals surface area contributed by atoms with Crippen LogP contribution in [0.15, 0.2) is 53.6 Å². The molecule has 2 atom stereocenters. The van der Waals surface area contributed by atoms with Crippen molar-refractivity contribution in [3.63, 3.8) is 0 Å². The molecule has 0 saturated carbocycles. The van der Waals surface area contributed by atoms with E-state index in [0.29, 0.717) is 5.56 Å². The minimum atomic E-state index is -1.36. The number of hydrogen-bond donors (Lipinski definition) is 1. The van der Waals surface area contributed by atoms with Crippen LogP contribution in [-0.4, -0.2) is 47.7 Å². The number of hydrazone groups is 1. The molecule has 0 aliphatic carbocycles. The lowest BCUT2D eigenvalue weighted by atomic mass is 10.1. The molecule has 154 valence electrons. The van der Waals surface area contributed by atoms with E-state index in [4.69, 9.17) is 9.47 Å². The zero-order chi connectivity index (χ0) is 21.0. The molecule has 0 aromatic heterocycles. The lowest BCUT2D eigenvalue weighted by Gasteiger charge is -2.35. The summed E-state index contributed by atoms with van der Waals surface area (Å²) in [6, 6.07) is 11.9. The molecule has 6 nitrogen and oxygen atoms in total. The highest BCUT2D eigenvalue weighted by Gasteiger charge is 2.50. The van der Waals surface area contributed by atoms with Gasteiger partial charge >= 0.3 is 0 Å². The Kier molecular flexibility index (Phi) is 6.63. The minimum Gasteiger partial charge on any atom is -0.383 e. The van der Waals surface area contributed by atoms with E-state index >= 15 is 0 Å². The number of hydrogen-bond acceptors (Lipinski definition) is 6. The van der Waals surface area contributed by atoms with Gasteiger partial charge in [0.25, 0.3) is 5.91 Å². The Morgan fingerprint density at radius 2 is 2.00 bits per heavy atom. The predicted molar refractivity (Wildman–Crippen MR) is 105 cm³/mol. The molecule has 1 N–H and O–H groups in total. The molecule has 1 heterocycles. The largest absolute Gasteiger partial charge is 0.383 e. The normalized spacial score (nSPS) is 19.9. The first-order valence-corrected chi connectivity index (χ1v) is 9.58. The predicted octanol–water partition coefficient (Wildman–Crippen LogP) is 3.06. The number of benzene rings is 2. The van der Waals surface area contributed by atoms with Crippen LogP contribution in [0.25, 0.3) is 0 Å². The fourth-order valence-electron chi connectivity index (χ4n) is 2.89. The Hall–Kier alpha value is -2.33. The first kappa shape index (κ1) is 21.4. The number of ether oxygens (including phenoxy) is 2. The number of aliphatic hydroxyl groups is 1. The summed E-state index contributed by atoms with van der Waals surface area (Å²) in [5.74, 6) is -2.01. The van der Waals surface area contributed by atoms with Crippen molar-refractivity contribution in [2.75, 3.05) is 20.5 Å². The van der Waals surface area contributed by atoms with Crippen molar-refractivity contribution in [3.8, 4) is 0 Å². The van der Waals surface area contributed by atoms with Crippen LogP contribution in [0.1, 0.15) is 18.1 Å². The van der Waals surface area contributed by atoms with Crippen LogP contribution in [-0.2, 0) is 19.1 Å².